The number of sulfonamides is 1. The summed E-state index contributed by atoms with van der Waals surface area (Å²) in [6.07, 6.45) is 4.15. The van der Waals surface area contributed by atoms with Crippen molar-refractivity contribution in [2.24, 2.45) is 5.41 Å². The molecule has 9 heteroatoms. The zero-order chi connectivity index (χ0) is 22.5. The smallest absolute Gasteiger partial charge is 0.243 e. The molecule has 1 aliphatic heterocycles. The quantitative estimate of drug-likeness (QED) is 0.549. The minimum absolute atomic E-state index is 0.108. The number of aromatic amines is 1. The van der Waals surface area contributed by atoms with E-state index in [1.54, 1.807) is 42.6 Å². The summed E-state index contributed by atoms with van der Waals surface area (Å²) in [6, 6.07) is 12.8. The van der Waals surface area contributed by atoms with E-state index in [0.29, 0.717) is 17.4 Å². The van der Waals surface area contributed by atoms with E-state index >= 15 is 0 Å². The van der Waals surface area contributed by atoms with Crippen molar-refractivity contribution in [2.75, 3.05) is 19.7 Å². The number of nitrogens with zero attached hydrogens (tertiary/aromatic N) is 2. The molecule has 5 rings (SSSR count). The molecule has 32 heavy (non-hydrogen) atoms. The maximum Gasteiger partial charge on any atom is 0.243 e. The Morgan fingerprint density at radius 2 is 2.03 bits per heavy atom. The van der Waals surface area contributed by atoms with Crippen molar-refractivity contribution in [1.82, 2.24) is 14.5 Å². The minimum atomic E-state index is -3.78. The summed E-state index contributed by atoms with van der Waals surface area (Å²) in [4.78, 5) is 0.200. The average Bonchev–Trinajstić information content (AvgIpc) is 3.25. The summed E-state index contributed by atoms with van der Waals surface area (Å²) in [6.45, 7) is 0.162. The maximum atomic E-state index is 13.7. The molecule has 2 aromatic carbocycles. The fourth-order valence-electron chi connectivity index (χ4n) is 4.98. The third-order valence-corrected chi connectivity index (χ3v) is 8.86. The number of aliphatic hydroxyl groups excluding tert-OH is 1. The Morgan fingerprint density at radius 1 is 1.25 bits per heavy atom. The number of H-pyrrole nitrogens is 1. The van der Waals surface area contributed by atoms with Gasteiger partial charge in [0.2, 0.25) is 10.0 Å². The summed E-state index contributed by atoms with van der Waals surface area (Å²) in [7, 11) is -3.78. The molecule has 1 aromatic heterocycles. The second-order valence-corrected chi connectivity index (χ2v) is 11.1. The van der Waals surface area contributed by atoms with Gasteiger partial charge >= 0.3 is 0 Å². The molecule has 2 aliphatic rings. The molecule has 2 N–H and O–H groups in total. The second kappa shape index (κ2) is 7.91. The van der Waals surface area contributed by atoms with E-state index < -0.39 is 15.4 Å². The highest BCUT2D eigenvalue weighted by atomic mass is 79.9. The minimum Gasteiger partial charge on any atom is -0.395 e. The Balaban J connectivity index is 1.63. The lowest BCUT2D eigenvalue weighted by Gasteiger charge is -2.49. The average molecular weight is 518 g/mol. The topological polar surface area (TPSA) is 86.3 Å². The lowest BCUT2D eigenvalue weighted by Crippen LogP contribution is -2.53. The molecule has 1 saturated heterocycles. The molecule has 1 aliphatic carbocycles. The van der Waals surface area contributed by atoms with Gasteiger partial charge in [-0.25, -0.2) is 12.8 Å². The number of hydrogen-bond acceptors (Lipinski definition) is 4. The molecular weight excluding hydrogens is 497 g/mol. The van der Waals surface area contributed by atoms with Crippen LogP contribution in [0, 0.1) is 11.2 Å². The Kier molecular flexibility index (Phi) is 5.32. The Morgan fingerprint density at radius 3 is 2.75 bits per heavy atom. The summed E-state index contributed by atoms with van der Waals surface area (Å²) < 4.78 is 42.8. The number of fused-ring (bicyclic) bond motifs is 2. The predicted octanol–water partition coefficient (Wildman–Crippen LogP) is 3.91. The second-order valence-electron chi connectivity index (χ2n) is 8.25. The van der Waals surface area contributed by atoms with E-state index in [4.69, 9.17) is 0 Å². The van der Waals surface area contributed by atoms with Crippen LogP contribution in [-0.4, -0.2) is 47.7 Å². The maximum absolute atomic E-state index is 13.7. The number of piperidine rings is 1. The lowest BCUT2D eigenvalue weighted by atomic mass is 9.60. The number of nitrogens with one attached hydrogen (secondary N) is 1. The summed E-state index contributed by atoms with van der Waals surface area (Å²) in [5, 5.41) is 17.9. The van der Waals surface area contributed by atoms with Gasteiger partial charge in [-0.1, -0.05) is 39.7 Å². The molecular formula is C23H21BrFN3O3S. The molecule has 1 fully saturated rings. The largest absolute Gasteiger partial charge is 0.395 e. The fraction of sp³-hybridized carbons (Fsp3) is 0.261. The predicted molar refractivity (Wildman–Crippen MR) is 122 cm³/mol. The van der Waals surface area contributed by atoms with Crippen molar-refractivity contribution in [3.05, 3.63) is 87.4 Å². The highest BCUT2D eigenvalue weighted by Crippen LogP contribution is 2.54. The molecule has 0 radical (unpaired) electrons. The Hall–Kier alpha value is -2.33. The number of aromatic nitrogens is 2. The lowest BCUT2D eigenvalue weighted by molar-refractivity contribution is 0.0955. The third kappa shape index (κ3) is 3.35. The first kappa shape index (κ1) is 21.5. The van der Waals surface area contributed by atoms with Gasteiger partial charge in [-0.3, -0.25) is 5.10 Å². The number of rotatable bonds is 4. The summed E-state index contributed by atoms with van der Waals surface area (Å²) in [5.41, 5.74) is 2.58. The van der Waals surface area contributed by atoms with E-state index in [-0.39, 0.29) is 29.8 Å². The van der Waals surface area contributed by atoms with Crippen LogP contribution in [-0.2, 0) is 10.0 Å². The van der Waals surface area contributed by atoms with Crippen molar-refractivity contribution in [1.29, 1.82) is 0 Å². The van der Waals surface area contributed by atoms with Crippen LogP contribution in [0.5, 0.6) is 0 Å². The Labute approximate surface area is 194 Å². The monoisotopic (exact) mass is 517 g/mol. The van der Waals surface area contributed by atoms with Gasteiger partial charge in [-0.15, -0.1) is 0 Å². The highest BCUT2D eigenvalue weighted by Gasteiger charge is 2.51. The van der Waals surface area contributed by atoms with Crippen LogP contribution in [0.25, 0.3) is 6.08 Å². The van der Waals surface area contributed by atoms with Gasteiger partial charge < -0.3 is 5.11 Å². The van der Waals surface area contributed by atoms with E-state index in [9.17, 15) is 17.9 Å². The standard InChI is InChI=1S/C23H21BrFN3O3S/c24-17-2-1-3-19(11-17)32(30,31)28-9-8-16-10-21-20(12-26-27-21)22(23(16,13-28)14-29)15-4-6-18(25)7-5-15/h1-7,10-12,22,29H,8-9,13-14H2,(H,26,27). The van der Waals surface area contributed by atoms with Crippen molar-refractivity contribution in [3.63, 3.8) is 0 Å². The normalized spacial score (nSPS) is 23.3. The Bertz CT molecular complexity index is 1310. The number of benzene rings is 2. The van der Waals surface area contributed by atoms with E-state index in [0.717, 1.165) is 22.4 Å². The first-order valence-corrected chi connectivity index (χ1v) is 12.4. The zero-order valence-electron chi connectivity index (χ0n) is 17.0. The SMILES string of the molecule is O=S(=O)(c1cccc(Br)c1)N1CCC2=Cc3[nH]ncc3C(c3ccc(F)cc3)C2(CO)C1. The molecule has 3 aromatic rings. The van der Waals surface area contributed by atoms with Crippen molar-refractivity contribution in [2.45, 2.75) is 17.2 Å². The van der Waals surface area contributed by atoms with E-state index in [1.165, 1.54) is 16.4 Å². The van der Waals surface area contributed by atoms with Crippen LogP contribution in [0.1, 0.15) is 29.2 Å². The van der Waals surface area contributed by atoms with Crippen LogP contribution >= 0.6 is 15.9 Å². The fourth-order valence-corrected chi connectivity index (χ4v) is 7.09. The van der Waals surface area contributed by atoms with Crippen LogP contribution in [0.2, 0.25) is 0 Å². The van der Waals surface area contributed by atoms with Crippen molar-refractivity contribution >= 4 is 32.0 Å². The molecule has 0 spiro atoms. The van der Waals surface area contributed by atoms with Crippen LogP contribution in [0.4, 0.5) is 4.39 Å². The zero-order valence-corrected chi connectivity index (χ0v) is 19.4. The molecule has 0 bridgehead atoms. The summed E-state index contributed by atoms with van der Waals surface area (Å²) >= 11 is 3.34. The van der Waals surface area contributed by atoms with Crippen LogP contribution in [0.15, 0.2) is 69.7 Å². The number of aliphatic hydroxyl groups is 1. The molecule has 6 nitrogen and oxygen atoms in total. The number of hydrogen-bond donors (Lipinski definition) is 2. The van der Waals surface area contributed by atoms with Gasteiger partial charge in [0.05, 0.1) is 23.4 Å². The third-order valence-electron chi connectivity index (χ3n) is 6.53. The van der Waals surface area contributed by atoms with Gasteiger partial charge in [0, 0.05) is 34.5 Å². The van der Waals surface area contributed by atoms with Gasteiger partial charge in [0.25, 0.3) is 0 Å². The van der Waals surface area contributed by atoms with Crippen molar-refractivity contribution < 1.29 is 17.9 Å². The molecule has 0 amide bonds. The first-order chi connectivity index (χ1) is 15.3. The van der Waals surface area contributed by atoms with E-state index in [2.05, 4.69) is 26.1 Å². The van der Waals surface area contributed by atoms with Gasteiger partial charge in [0.1, 0.15) is 5.82 Å². The molecule has 2 atom stereocenters. The van der Waals surface area contributed by atoms with Crippen molar-refractivity contribution in [3.8, 4) is 0 Å². The molecule has 0 saturated carbocycles. The molecule has 166 valence electrons. The highest BCUT2D eigenvalue weighted by molar-refractivity contribution is 9.10. The molecule has 2 heterocycles. The van der Waals surface area contributed by atoms with Gasteiger partial charge in [-0.05, 0) is 48.4 Å². The first-order valence-electron chi connectivity index (χ1n) is 10.2. The van der Waals surface area contributed by atoms with E-state index in [1.807, 2.05) is 6.08 Å². The van der Waals surface area contributed by atoms with Crippen LogP contribution < -0.4 is 0 Å². The molecule has 2 unspecified atom stereocenters. The van der Waals surface area contributed by atoms with Gasteiger partial charge in [0.15, 0.2) is 0 Å². The van der Waals surface area contributed by atoms with Crippen LogP contribution in [0.3, 0.4) is 0 Å². The number of halogens is 2. The summed E-state index contributed by atoms with van der Waals surface area (Å²) in [5.74, 6) is -0.726. The van der Waals surface area contributed by atoms with Gasteiger partial charge in [-0.2, -0.15) is 9.40 Å².